The Hall–Kier alpha value is -3.52. The number of hydrogen-bond donors (Lipinski definition) is 0. The second-order valence-corrected chi connectivity index (χ2v) is 9.92. The molecule has 5 rings (SSSR count). The van der Waals surface area contributed by atoms with Gasteiger partial charge in [0.1, 0.15) is 5.82 Å². The van der Waals surface area contributed by atoms with Crippen molar-refractivity contribution >= 4 is 52.3 Å². The zero-order chi connectivity index (χ0) is 26.1. The molecule has 3 aromatic carbocycles. The second-order valence-electron chi connectivity index (χ2n) is 8.13. The molecule has 1 atom stereocenters. The summed E-state index contributed by atoms with van der Waals surface area (Å²) >= 11 is 13.7. The molecule has 1 aliphatic rings. The van der Waals surface area contributed by atoms with Gasteiger partial charge in [-0.25, -0.2) is 14.2 Å². The van der Waals surface area contributed by atoms with Crippen LogP contribution in [0.1, 0.15) is 29.7 Å². The molecular formula is C28H19Cl2FN2O3S. The van der Waals surface area contributed by atoms with Crippen molar-refractivity contribution < 1.29 is 13.9 Å². The highest BCUT2D eigenvalue weighted by atomic mass is 35.5. The van der Waals surface area contributed by atoms with Gasteiger partial charge in [0.25, 0.3) is 5.56 Å². The highest BCUT2D eigenvalue weighted by molar-refractivity contribution is 7.07. The van der Waals surface area contributed by atoms with Crippen LogP contribution in [0.2, 0.25) is 10.0 Å². The molecule has 0 saturated heterocycles. The molecular weight excluding hydrogens is 534 g/mol. The summed E-state index contributed by atoms with van der Waals surface area (Å²) in [6.45, 7) is 1.84. The minimum absolute atomic E-state index is 0.137. The second kappa shape index (κ2) is 10.5. The Morgan fingerprint density at radius 1 is 1.08 bits per heavy atom. The topological polar surface area (TPSA) is 60.7 Å². The summed E-state index contributed by atoms with van der Waals surface area (Å²) in [6.07, 6.45) is 1.65. The number of halogens is 3. The van der Waals surface area contributed by atoms with Crippen molar-refractivity contribution in [3.63, 3.8) is 0 Å². The fraction of sp³-hybridized carbons (Fsp3) is 0.107. The largest absolute Gasteiger partial charge is 0.463 e. The summed E-state index contributed by atoms with van der Waals surface area (Å²) in [6, 6.07) is 19.2. The average Bonchev–Trinajstić information content (AvgIpc) is 3.21. The summed E-state index contributed by atoms with van der Waals surface area (Å²) < 4.78 is 21.1. The van der Waals surface area contributed by atoms with Gasteiger partial charge in [0.15, 0.2) is 4.80 Å². The first kappa shape index (κ1) is 25.1. The van der Waals surface area contributed by atoms with Gasteiger partial charge in [0.2, 0.25) is 0 Å². The lowest BCUT2D eigenvalue weighted by Gasteiger charge is -2.25. The molecule has 4 aromatic rings. The van der Waals surface area contributed by atoms with Crippen LogP contribution >= 0.6 is 34.5 Å². The van der Waals surface area contributed by atoms with E-state index in [-0.39, 0.29) is 17.7 Å². The maximum Gasteiger partial charge on any atom is 0.338 e. The van der Waals surface area contributed by atoms with Gasteiger partial charge in [0, 0.05) is 5.56 Å². The first-order valence-electron chi connectivity index (χ1n) is 11.4. The number of aromatic nitrogens is 1. The number of benzene rings is 3. The third kappa shape index (κ3) is 4.78. The summed E-state index contributed by atoms with van der Waals surface area (Å²) in [5.74, 6) is -1.04. The number of thiazole rings is 1. The number of carbonyl (C=O) groups is 1. The lowest BCUT2D eigenvalue weighted by molar-refractivity contribution is -0.138. The van der Waals surface area contributed by atoms with Crippen molar-refractivity contribution in [3.05, 3.63) is 131 Å². The molecule has 0 radical (unpaired) electrons. The predicted molar refractivity (Wildman–Crippen MR) is 144 cm³/mol. The van der Waals surface area contributed by atoms with Crippen molar-refractivity contribution in [2.45, 2.75) is 13.0 Å². The Morgan fingerprint density at radius 2 is 1.81 bits per heavy atom. The number of esters is 1. The molecule has 0 N–H and O–H groups in total. The number of carbonyl (C=O) groups excluding carboxylic acids is 1. The van der Waals surface area contributed by atoms with Crippen LogP contribution in [-0.4, -0.2) is 17.1 Å². The van der Waals surface area contributed by atoms with E-state index in [1.807, 2.05) is 30.3 Å². The Bertz CT molecular complexity index is 1710. The molecule has 1 aliphatic heterocycles. The Morgan fingerprint density at radius 3 is 2.51 bits per heavy atom. The van der Waals surface area contributed by atoms with Gasteiger partial charge in [-0.1, -0.05) is 89.1 Å². The first-order valence-corrected chi connectivity index (χ1v) is 12.9. The molecule has 5 nitrogen and oxygen atoms in total. The van der Waals surface area contributed by atoms with Gasteiger partial charge in [-0.15, -0.1) is 0 Å². The van der Waals surface area contributed by atoms with E-state index < -0.39 is 17.8 Å². The highest BCUT2D eigenvalue weighted by Gasteiger charge is 2.35. The van der Waals surface area contributed by atoms with Gasteiger partial charge in [0.05, 0.1) is 38.5 Å². The molecule has 0 aliphatic carbocycles. The average molecular weight is 553 g/mol. The van der Waals surface area contributed by atoms with Crippen LogP contribution in [0.5, 0.6) is 0 Å². The summed E-state index contributed by atoms with van der Waals surface area (Å²) in [5, 5.41) is 0.686. The molecule has 37 heavy (non-hydrogen) atoms. The number of ether oxygens (including phenoxy) is 1. The van der Waals surface area contributed by atoms with E-state index in [4.69, 9.17) is 32.9 Å². The zero-order valence-corrected chi connectivity index (χ0v) is 21.8. The Balaban J connectivity index is 1.84. The van der Waals surface area contributed by atoms with E-state index in [1.165, 1.54) is 16.7 Å². The first-order chi connectivity index (χ1) is 17.9. The van der Waals surface area contributed by atoms with E-state index in [9.17, 15) is 14.0 Å². The smallest absolute Gasteiger partial charge is 0.338 e. The molecule has 0 saturated carbocycles. The fourth-order valence-electron chi connectivity index (χ4n) is 4.17. The molecule has 1 aromatic heterocycles. The van der Waals surface area contributed by atoms with Crippen molar-refractivity contribution in [2.24, 2.45) is 4.99 Å². The highest BCUT2D eigenvalue weighted by Crippen LogP contribution is 2.35. The molecule has 0 unspecified atom stereocenters. The van der Waals surface area contributed by atoms with Gasteiger partial charge < -0.3 is 4.74 Å². The monoisotopic (exact) mass is 552 g/mol. The Kier molecular flexibility index (Phi) is 7.11. The summed E-state index contributed by atoms with van der Waals surface area (Å²) in [5.41, 5.74) is 2.02. The molecule has 9 heteroatoms. The van der Waals surface area contributed by atoms with Gasteiger partial charge in [-0.05, 0) is 42.3 Å². The lowest BCUT2D eigenvalue weighted by Crippen LogP contribution is -2.40. The van der Waals surface area contributed by atoms with E-state index >= 15 is 0 Å². The molecule has 186 valence electrons. The molecule has 0 fully saturated rings. The normalized spacial score (nSPS) is 15.4. The van der Waals surface area contributed by atoms with Crippen molar-refractivity contribution in [3.8, 4) is 0 Å². The van der Waals surface area contributed by atoms with E-state index in [2.05, 4.69) is 0 Å². The number of fused-ring (bicyclic) bond motifs is 1. The summed E-state index contributed by atoms with van der Waals surface area (Å²) in [4.78, 5) is 32.3. The van der Waals surface area contributed by atoms with Crippen LogP contribution in [0.15, 0.2) is 88.2 Å². The third-order valence-corrected chi connectivity index (χ3v) is 7.64. The molecule has 0 bridgehead atoms. The van der Waals surface area contributed by atoms with E-state index in [0.29, 0.717) is 41.8 Å². The maximum atomic E-state index is 13.8. The van der Waals surface area contributed by atoms with Crippen molar-refractivity contribution in [2.75, 3.05) is 6.61 Å². The van der Waals surface area contributed by atoms with Crippen LogP contribution in [0.25, 0.3) is 11.8 Å². The Labute approximate surface area is 225 Å². The standard InChI is InChI=1S/C28H19Cl2FN2O3S/c1-2-36-27(35)22-24(16-7-4-3-5-8-16)32-28-33(25(22)17-11-13-19(31)14-12-17)26(34)21(37-28)15-18-9-6-10-20(29)23(18)30/h3-15,25H,2H2,1H3/b21-15-/t25-/m0/s1. The number of nitrogens with zero attached hydrogens (tertiary/aromatic N) is 2. The number of hydrogen-bond acceptors (Lipinski definition) is 5. The van der Waals surface area contributed by atoms with Crippen LogP contribution in [0.3, 0.4) is 0 Å². The van der Waals surface area contributed by atoms with Crippen molar-refractivity contribution in [1.82, 2.24) is 4.57 Å². The molecule has 0 amide bonds. The van der Waals surface area contributed by atoms with E-state index in [0.717, 1.165) is 11.3 Å². The molecule has 0 spiro atoms. The van der Waals surface area contributed by atoms with Crippen LogP contribution in [-0.2, 0) is 9.53 Å². The number of rotatable bonds is 5. The summed E-state index contributed by atoms with van der Waals surface area (Å²) in [7, 11) is 0. The van der Waals surface area contributed by atoms with Gasteiger partial charge in [-0.3, -0.25) is 9.36 Å². The minimum Gasteiger partial charge on any atom is -0.463 e. The zero-order valence-electron chi connectivity index (χ0n) is 19.5. The van der Waals surface area contributed by atoms with Gasteiger partial charge >= 0.3 is 5.97 Å². The van der Waals surface area contributed by atoms with Crippen LogP contribution in [0, 0.1) is 5.82 Å². The lowest BCUT2D eigenvalue weighted by atomic mass is 9.93. The molecule has 2 heterocycles. The predicted octanol–water partition coefficient (Wildman–Crippen LogP) is 5.38. The van der Waals surface area contributed by atoms with Crippen LogP contribution < -0.4 is 14.9 Å². The van der Waals surface area contributed by atoms with Crippen LogP contribution in [0.4, 0.5) is 4.39 Å². The maximum absolute atomic E-state index is 13.8. The minimum atomic E-state index is -0.886. The van der Waals surface area contributed by atoms with Gasteiger partial charge in [-0.2, -0.15) is 0 Å². The third-order valence-electron chi connectivity index (χ3n) is 5.83. The quantitative estimate of drug-likeness (QED) is 0.312. The van der Waals surface area contributed by atoms with E-state index in [1.54, 1.807) is 43.3 Å². The SMILES string of the molecule is CCOC(=O)C1=C(c2ccccc2)N=c2s/c(=C\c3cccc(Cl)c3Cl)c(=O)n2[C@H]1c1ccc(F)cc1. The fourth-order valence-corrected chi connectivity index (χ4v) is 5.53. The van der Waals surface area contributed by atoms with Crippen molar-refractivity contribution in [1.29, 1.82) is 0 Å².